The number of sulfonamides is 1. The minimum Gasteiger partial charge on any atom is -0.478 e. The summed E-state index contributed by atoms with van der Waals surface area (Å²) in [7, 11) is -3.82. The third-order valence-electron chi connectivity index (χ3n) is 4.75. The van der Waals surface area contributed by atoms with Crippen molar-refractivity contribution in [3.8, 4) is 0 Å². The lowest BCUT2D eigenvalue weighted by Crippen LogP contribution is -2.24. The second-order valence-corrected chi connectivity index (χ2v) is 8.64. The van der Waals surface area contributed by atoms with E-state index < -0.39 is 16.0 Å². The highest BCUT2D eigenvalue weighted by molar-refractivity contribution is 7.92. The maximum Gasteiger partial charge on any atom is 0.337 e. The zero-order valence-electron chi connectivity index (χ0n) is 16.9. The zero-order chi connectivity index (χ0) is 21.7. The van der Waals surface area contributed by atoms with Crippen LogP contribution in [0.5, 0.6) is 0 Å². The Kier molecular flexibility index (Phi) is 6.42. The number of carbonyl (C=O) groups is 1. The molecule has 0 aliphatic rings. The smallest absolute Gasteiger partial charge is 0.337 e. The van der Waals surface area contributed by atoms with Gasteiger partial charge in [0.25, 0.3) is 10.0 Å². The lowest BCUT2D eigenvalue weighted by atomic mass is 10.1. The largest absolute Gasteiger partial charge is 0.478 e. The number of aromatic carboxylic acids is 1. The van der Waals surface area contributed by atoms with Crippen LogP contribution in [-0.4, -0.2) is 26.0 Å². The molecule has 30 heavy (non-hydrogen) atoms. The summed E-state index contributed by atoms with van der Waals surface area (Å²) < 4.78 is 27.8. The number of hydrogen-bond donors (Lipinski definition) is 2. The van der Waals surface area contributed by atoms with E-state index in [0.29, 0.717) is 18.8 Å². The second kappa shape index (κ2) is 9.00. The summed E-state index contributed by atoms with van der Waals surface area (Å²) in [5.74, 6) is -1.12. The van der Waals surface area contributed by atoms with Crippen molar-refractivity contribution >= 4 is 27.4 Å². The number of carboxylic acids is 1. The van der Waals surface area contributed by atoms with Crippen LogP contribution in [0.25, 0.3) is 0 Å². The lowest BCUT2D eigenvalue weighted by molar-refractivity contribution is 0.0697. The Labute approximate surface area is 176 Å². The van der Waals surface area contributed by atoms with E-state index >= 15 is 0 Å². The summed E-state index contributed by atoms with van der Waals surface area (Å²) in [5, 5.41) is 9.74. The van der Waals surface area contributed by atoms with Crippen LogP contribution in [0, 0.1) is 6.92 Å². The molecule has 0 atom stereocenters. The quantitative estimate of drug-likeness (QED) is 0.555. The fraction of sp³-hybridized carbons (Fsp3) is 0.174. The van der Waals surface area contributed by atoms with Crippen LogP contribution in [0.1, 0.15) is 28.4 Å². The van der Waals surface area contributed by atoms with Crippen LogP contribution in [0.2, 0.25) is 0 Å². The Balaban J connectivity index is 1.91. The molecule has 0 saturated carbocycles. The third kappa shape index (κ3) is 4.99. The highest BCUT2D eigenvalue weighted by Crippen LogP contribution is 2.27. The van der Waals surface area contributed by atoms with E-state index in [0.717, 1.165) is 11.1 Å². The van der Waals surface area contributed by atoms with Gasteiger partial charge in [0.05, 0.1) is 16.1 Å². The van der Waals surface area contributed by atoms with Gasteiger partial charge >= 0.3 is 5.97 Å². The average molecular weight is 425 g/mol. The average Bonchev–Trinajstić information content (AvgIpc) is 2.73. The van der Waals surface area contributed by atoms with Crippen molar-refractivity contribution in [2.24, 2.45) is 0 Å². The molecule has 0 aliphatic heterocycles. The minimum atomic E-state index is -3.82. The predicted molar refractivity (Wildman–Crippen MR) is 119 cm³/mol. The molecule has 0 heterocycles. The first-order valence-electron chi connectivity index (χ1n) is 9.56. The third-order valence-corrected chi connectivity index (χ3v) is 6.15. The monoisotopic (exact) mass is 424 g/mol. The van der Waals surface area contributed by atoms with Crippen molar-refractivity contribution < 1.29 is 18.3 Å². The van der Waals surface area contributed by atoms with Gasteiger partial charge in [-0.1, -0.05) is 48.0 Å². The number of anilines is 2. The van der Waals surface area contributed by atoms with Crippen LogP contribution in [0.15, 0.2) is 77.7 Å². The van der Waals surface area contributed by atoms with Crippen molar-refractivity contribution in [2.75, 3.05) is 16.2 Å². The Bertz CT molecular complexity index is 1130. The molecular formula is C23H24N2O4S. The predicted octanol–water partition coefficient (Wildman–Crippen LogP) is 4.52. The number of nitrogens with zero attached hydrogens (tertiary/aromatic N) is 1. The van der Waals surface area contributed by atoms with Gasteiger partial charge < -0.3 is 10.0 Å². The van der Waals surface area contributed by atoms with Crippen molar-refractivity contribution in [3.05, 3.63) is 89.5 Å². The molecule has 6 nitrogen and oxygen atoms in total. The van der Waals surface area contributed by atoms with Gasteiger partial charge in [-0.3, -0.25) is 4.72 Å². The van der Waals surface area contributed by atoms with Crippen molar-refractivity contribution in [2.45, 2.75) is 25.3 Å². The molecule has 0 unspecified atom stereocenters. The fourth-order valence-corrected chi connectivity index (χ4v) is 4.20. The summed E-state index contributed by atoms with van der Waals surface area (Å²) in [6.45, 7) is 4.97. The normalized spacial score (nSPS) is 11.1. The van der Waals surface area contributed by atoms with Crippen molar-refractivity contribution in [1.29, 1.82) is 0 Å². The van der Waals surface area contributed by atoms with E-state index in [1.807, 2.05) is 49.1 Å². The number of benzene rings is 3. The first-order valence-corrected chi connectivity index (χ1v) is 11.0. The molecule has 0 amide bonds. The minimum absolute atomic E-state index is 0.0388. The van der Waals surface area contributed by atoms with Gasteiger partial charge in [-0.25, -0.2) is 13.2 Å². The number of nitrogens with one attached hydrogen (secondary N) is 1. The van der Waals surface area contributed by atoms with E-state index in [-0.39, 0.29) is 16.1 Å². The topological polar surface area (TPSA) is 86.7 Å². The van der Waals surface area contributed by atoms with E-state index in [1.165, 1.54) is 18.2 Å². The van der Waals surface area contributed by atoms with Gasteiger partial charge in [0, 0.05) is 18.8 Å². The number of rotatable bonds is 8. The van der Waals surface area contributed by atoms with Gasteiger partial charge in [-0.15, -0.1) is 0 Å². The molecule has 3 aromatic carbocycles. The molecule has 3 aromatic rings. The SMILES string of the molecule is CCN(Cc1ccccc1)c1ccc(NS(=O)(=O)c2ccc(C)cc2)cc1C(=O)O. The van der Waals surface area contributed by atoms with Gasteiger partial charge in [-0.05, 0) is 49.7 Å². The molecular weight excluding hydrogens is 400 g/mol. The van der Waals surface area contributed by atoms with E-state index in [9.17, 15) is 18.3 Å². The molecule has 0 aliphatic carbocycles. The first kappa shape index (κ1) is 21.4. The molecule has 7 heteroatoms. The summed E-state index contributed by atoms with van der Waals surface area (Å²) in [6, 6.07) is 20.8. The van der Waals surface area contributed by atoms with Crippen LogP contribution >= 0.6 is 0 Å². The van der Waals surface area contributed by atoms with Crippen LogP contribution in [0.3, 0.4) is 0 Å². The molecule has 3 rings (SSSR count). The van der Waals surface area contributed by atoms with E-state index in [2.05, 4.69) is 4.72 Å². The summed E-state index contributed by atoms with van der Waals surface area (Å²) in [6.07, 6.45) is 0. The van der Waals surface area contributed by atoms with Gasteiger partial charge in [0.2, 0.25) is 0 Å². The molecule has 2 N–H and O–H groups in total. The van der Waals surface area contributed by atoms with Crippen LogP contribution in [-0.2, 0) is 16.6 Å². The lowest BCUT2D eigenvalue weighted by Gasteiger charge is -2.25. The number of carboxylic acid groups (broad SMARTS) is 1. The van der Waals surface area contributed by atoms with E-state index in [4.69, 9.17) is 0 Å². The summed E-state index contributed by atoms with van der Waals surface area (Å²) in [5.41, 5.74) is 2.78. The van der Waals surface area contributed by atoms with Crippen molar-refractivity contribution in [3.63, 3.8) is 0 Å². The first-order chi connectivity index (χ1) is 14.3. The molecule has 0 bridgehead atoms. The van der Waals surface area contributed by atoms with E-state index in [1.54, 1.807) is 24.3 Å². The molecule has 0 saturated heterocycles. The Morgan fingerprint density at radius 1 is 1.00 bits per heavy atom. The van der Waals surface area contributed by atoms with Crippen molar-refractivity contribution in [1.82, 2.24) is 0 Å². The molecule has 156 valence electrons. The second-order valence-electron chi connectivity index (χ2n) is 6.96. The van der Waals surface area contributed by atoms with Crippen LogP contribution < -0.4 is 9.62 Å². The van der Waals surface area contributed by atoms with Gasteiger partial charge in [-0.2, -0.15) is 0 Å². The Hall–Kier alpha value is -3.32. The fourth-order valence-electron chi connectivity index (χ4n) is 3.15. The molecule has 0 radical (unpaired) electrons. The Morgan fingerprint density at radius 2 is 1.67 bits per heavy atom. The standard InChI is InChI=1S/C23H24N2O4S/c1-3-25(16-18-7-5-4-6-8-18)22-14-11-19(15-21(22)23(26)27)24-30(28,29)20-12-9-17(2)10-13-20/h4-15,24H,3,16H2,1-2H3,(H,26,27). The number of aryl methyl sites for hydroxylation is 1. The molecule has 0 fully saturated rings. The summed E-state index contributed by atoms with van der Waals surface area (Å²) in [4.78, 5) is 14.0. The number of hydrogen-bond acceptors (Lipinski definition) is 4. The highest BCUT2D eigenvalue weighted by Gasteiger charge is 2.19. The maximum absolute atomic E-state index is 12.6. The Morgan fingerprint density at radius 3 is 2.27 bits per heavy atom. The molecule has 0 spiro atoms. The van der Waals surface area contributed by atoms with Gasteiger partial charge in [0.1, 0.15) is 0 Å². The zero-order valence-corrected chi connectivity index (χ0v) is 17.7. The highest BCUT2D eigenvalue weighted by atomic mass is 32.2. The van der Waals surface area contributed by atoms with Crippen LogP contribution in [0.4, 0.5) is 11.4 Å². The maximum atomic E-state index is 12.6. The summed E-state index contributed by atoms with van der Waals surface area (Å²) >= 11 is 0. The van der Waals surface area contributed by atoms with Gasteiger partial charge in [0.15, 0.2) is 0 Å². The molecule has 0 aromatic heterocycles.